The van der Waals surface area contributed by atoms with Gasteiger partial charge < -0.3 is 10.0 Å². The van der Waals surface area contributed by atoms with Crippen molar-refractivity contribution in [3.05, 3.63) is 41.2 Å². The third kappa shape index (κ3) is 2.56. The summed E-state index contributed by atoms with van der Waals surface area (Å²) in [6, 6.07) is 2.85. The number of rotatable bonds is 2. The van der Waals surface area contributed by atoms with Gasteiger partial charge in [0, 0.05) is 19.3 Å². The number of hydrogen-bond donors (Lipinski definition) is 1. The maximum atomic E-state index is 12.1. The summed E-state index contributed by atoms with van der Waals surface area (Å²) in [5.41, 5.74) is 1.65. The van der Waals surface area contributed by atoms with E-state index in [1.807, 2.05) is 13.0 Å². The minimum Gasteiger partial charge on any atom is -0.478 e. The van der Waals surface area contributed by atoms with Crippen molar-refractivity contribution in [2.75, 3.05) is 13.1 Å². The van der Waals surface area contributed by atoms with Crippen LogP contribution in [-0.2, 0) is 0 Å². The number of hydrogen-bond acceptors (Lipinski definition) is 3. The number of carboxylic acids is 1. The molecule has 0 atom stereocenters. The van der Waals surface area contributed by atoms with Crippen LogP contribution in [0.4, 0.5) is 0 Å². The summed E-state index contributed by atoms with van der Waals surface area (Å²) in [7, 11) is 0. The maximum Gasteiger partial charge on any atom is 0.337 e. The minimum absolute atomic E-state index is 0.0842. The van der Waals surface area contributed by atoms with E-state index < -0.39 is 5.97 Å². The van der Waals surface area contributed by atoms with Crippen LogP contribution >= 0.6 is 0 Å². The van der Waals surface area contributed by atoms with E-state index in [2.05, 4.69) is 4.98 Å². The average molecular weight is 246 g/mol. The Morgan fingerprint density at radius 1 is 1.39 bits per heavy atom. The van der Waals surface area contributed by atoms with Crippen LogP contribution in [0.2, 0.25) is 0 Å². The molecule has 1 aliphatic rings. The van der Waals surface area contributed by atoms with Gasteiger partial charge in [-0.05, 0) is 25.5 Å². The van der Waals surface area contributed by atoms with Gasteiger partial charge in [-0.3, -0.25) is 9.78 Å². The number of carbonyl (C=O) groups is 2. The highest BCUT2D eigenvalue weighted by molar-refractivity contribution is 5.94. The van der Waals surface area contributed by atoms with Gasteiger partial charge >= 0.3 is 5.97 Å². The van der Waals surface area contributed by atoms with Crippen LogP contribution in [0.25, 0.3) is 0 Å². The fourth-order valence-corrected chi connectivity index (χ4v) is 1.76. The summed E-state index contributed by atoms with van der Waals surface area (Å²) in [5, 5.41) is 8.75. The third-order valence-corrected chi connectivity index (χ3v) is 2.95. The van der Waals surface area contributed by atoms with Crippen LogP contribution in [0.5, 0.6) is 0 Å². The normalized spacial score (nSPS) is 15.2. The van der Waals surface area contributed by atoms with Crippen LogP contribution < -0.4 is 0 Å². The number of carboxylic acid groups (broad SMARTS) is 1. The molecule has 0 saturated carbocycles. The first-order valence-corrected chi connectivity index (χ1v) is 5.72. The first kappa shape index (κ1) is 12.3. The van der Waals surface area contributed by atoms with Crippen LogP contribution in [0.1, 0.15) is 34.2 Å². The molecule has 0 aliphatic carbocycles. The molecule has 5 nitrogen and oxygen atoms in total. The number of amides is 1. The summed E-state index contributed by atoms with van der Waals surface area (Å²) in [4.78, 5) is 28.4. The van der Waals surface area contributed by atoms with Crippen molar-refractivity contribution in [3.63, 3.8) is 0 Å². The Labute approximate surface area is 105 Å². The third-order valence-electron chi connectivity index (χ3n) is 2.95. The van der Waals surface area contributed by atoms with Gasteiger partial charge in [0.15, 0.2) is 0 Å². The molecule has 5 heteroatoms. The van der Waals surface area contributed by atoms with Gasteiger partial charge in [-0.15, -0.1) is 0 Å². The van der Waals surface area contributed by atoms with Gasteiger partial charge in [-0.25, -0.2) is 4.79 Å². The second kappa shape index (κ2) is 5.00. The summed E-state index contributed by atoms with van der Waals surface area (Å²) < 4.78 is 0. The molecule has 1 N–H and O–H groups in total. The van der Waals surface area contributed by atoms with Gasteiger partial charge in [-0.2, -0.15) is 0 Å². The van der Waals surface area contributed by atoms with Crippen molar-refractivity contribution in [3.8, 4) is 0 Å². The number of nitrogens with zero attached hydrogens (tertiary/aromatic N) is 2. The monoisotopic (exact) mass is 246 g/mol. The van der Waals surface area contributed by atoms with Crippen molar-refractivity contribution >= 4 is 11.9 Å². The molecular formula is C13H14N2O3. The molecule has 0 bridgehead atoms. The van der Waals surface area contributed by atoms with Gasteiger partial charge in [0.25, 0.3) is 5.91 Å². The van der Waals surface area contributed by atoms with Crippen LogP contribution in [0.15, 0.2) is 30.0 Å². The Morgan fingerprint density at radius 3 is 2.67 bits per heavy atom. The minimum atomic E-state index is -1.04. The average Bonchev–Trinajstić information content (AvgIpc) is 2.39. The Kier molecular flexibility index (Phi) is 3.41. The first-order chi connectivity index (χ1) is 8.58. The van der Waals surface area contributed by atoms with Crippen molar-refractivity contribution in [1.29, 1.82) is 0 Å². The summed E-state index contributed by atoms with van der Waals surface area (Å²) in [6.07, 6.45) is 4.10. The zero-order chi connectivity index (χ0) is 13.1. The molecule has 2 rings (SSSR count). The lowest BCUT2D eigenvalue weighted by atomic mass is 10.1. The van der Waals surface area contributed by atoms with E-state index in [1.165, 1.54) is 23.9 Å². The molecule has 0 fully saturated rings. The SMILES string of the molecule is CC1=CCN(C(=O)c2ccc(C(=O)O)cn2)CC1. The van der Waals surface area contributed by atoms with Crippen LogP contribution in [-0.4, -0.2) is 40.0 Å². The Hall–Kier alpha value is -2.17. The van der Waals surface area contributed by atoms with E-state index in [9.17, 15) is 9.59 Å². The zero-order valence-electron chi connectivity index (χ0n) is 10.1. The zero-order valence-corrected chi connectivity index (χ0v) is 10.1. The lowest BCUT2D eigenvalue weighted by Gasteiger charge is -2.25. The summed E-state index contributed by atoms with van der Waals surface area (Å²) in [6.45, 7) is 3.32. The fraction of sp³-hybridized carbons (Fsp3) is 0.308. The van der Waals surface area contributed by atoms with E-state index in [0.29, 0.717) is 13.1 Å². The van der Waals surface area contributed by atoms with Crippen molar-refractivity contribution < 1.29 is 14.7 Å². The van der Waals surface area contributed by atoms with E-state index in [-0.39, 0.29) is 17.2 Å². The number of carbonyl (C=O) groups excluding carboxylic acids is 1. The maximum absolute atomic E-state index is 12.1. The molecule has 1 aromatic heterocycles. The Bertz CT molecular complexity index is 505. The van der Waals surface area contributed by atoms with Gasteiger partial charge in [0.1, 0.15) is 5.69 Å². The van der Waals surface area contributed by atoms with Crippen LogP contribution in [0.3, 0.4) is 0 Å². The fourth-order valence-electron chi connectivity index (χ4n) is 1.76. The molecule has 1 aromatic rings. The Morgan fingerprint density at radius 2 is 2.17 bits per heavy atom. The molecule has 1 aliphatic heterocycles. The standard InChI is InChI=1S/C13H14N2O3/c1-9-4-6-15(7-5-9)12(16)11-3-2-10(8-14-11)13(17)18/h2-4,8H,5-7H2,1H3,(H,17,18). The topological polar surface area (TPSA) is 70.5 Å². The molecule has 18 heavy (non-hydrogen) atoms. The first-order valence-electron chi connectivity index (χ1n) is 5.72. The predicted molar refractivity (Wildman–Crippen MR) is 65.5 cm³/mol. The second-order valence-corrected chi connectivity index (χ2v) is 4.29. The summed E-state index contributed by atoms with van der Waals surface area (Å²) in [5.74, 6) is -1.20. The van der Waals surface area contributed by atoms with Gasteiger partial charge in [0.05, 0.1) is 5.56 Å². The van der Waals surface area contributed by atoms with E-state index in [4.69, 9.17) is 5.11 Å². The van der Waals surface area contributed by atoms with Crippen LogP contribution in [0, 0.1) is 0 Å². The lowest BCUT2D eigenvalue weighted by molar-refractivity contribution is 0.0693. The van der Waals surface area contributed by atoms with E-state index in [1.54, 1.807) is 4.90 Å². The highest BCUT2D eigenvalue weighted by Crippen LogP contribution is 2.12. The highest BCUT2D eigenvalue weighted by atomic mass is 16.4. The lowest BCUT2D eigenvalue weighted by Crippen LogP contribution is -2.35. The van der Waals surface area contributed by atoms with Crippen molar-refractivity contribution in [2.24, 2.45) is 0 Å². The quantitative estimate of drug-likeness (QED) is 0.804. The molecular weight excluding hydrogens is 232 g/mol. The Balaban J connectivity index is 2.12. The van der Waals surface area contributed by atoms with E-state index >= 15 is 0 Å². The largest absolute Gasteiger partial charge is 0.478 e. The molecule has 94 valence electrons. The van der Waals surface area contributed by atoms with Gasteiger partial charge in [0.2, 0.25) is 0 Å². The molecule has 0 saturated heterocycles. The molecule has 0 radical (unpaired) electrons. The smallest absolute Gasteiger partial charge is 0.337 e. The molecule has 0 spiro atoms. The second-order valence-electron chi connectivity index (χ2n) is 4.29. The molecule has 2 heterocycles. The highest BCUT2D eigenvalue weighted by Gasteiger charge is 2.18. The van der Waals surface area contributed by atoms with E-state index in [0.717, 1.165) is 6.42 Å². The number of aromatic nitrogens is 1. The molecule has 0 unspecified atom stereocenters. The predicted octanol–water partition coefficient (Wildman–Crippen LogP) is 1.57. The number of aromatic carboxylic acids is 1. The van der Waals surface area contributed by atoms with Crippen molar-refractivity contribution in [2.45, 2.75) is 13.3 Å². The van der Waals surface area contributed by atoms with Crippen molar-refractivity contribution in [1.82, 2.24) is 9.88 Å². The summed E-state index contributed by atoms with van der Waals surface area (Å²) >= 11 is 0. The molecule has 0 aromatic carbocycles. The van der Waals surface area contributed by atoms with Gasteiger partial charge in [-0.1, -0.05) is 11.6 Å². The number of pyridine rings is 1. The molecule has 1 amide bonds.